The highest BCUT2D eigenvalue weighted by Crippen LogP contribution is 2.49. The van der Waals surface area contributed by atoms with E-state index >= 15 is 0 Å². The second-order valence-electron chi connectivity index (χ2n) is 10.6. The Hall–Kier alpha value is -4.19. The van der Waals surface area contributed by atoms with Gasteiger partial charge in [0, 0.05) is 11.1 Å². The van der Waals surface area contributed by atoms with Crippen molar-refractivity contribution in [3.63, 3.8) is 0 Å². The second-order valence-corrected chi connectivity index (χ2v) is 10.6. The molecule has 198 valence electrons. The summed E-state index contributed by atoms with van der Waals surface area (Å²) in [6.45, 7) is 4.12. The van der Waals surface area contributed by atoms with Crippen LogP contribution in [0.4, 0.5) is 0 Å². The molecule has 2 aliphatic carbocycles. The van der Waals surface area contributed by atoms with Gasteiger partial charge in [-0.25, -0.2) is 0 Å². The lowest BCUT2D eigenvalue weighted by atomic mass is 9.93. The van der Waals surface area contributed by atoms with Crippen molar-refractivity contribution in [1.82, 2.24) is 10.5 Å². The number of amides is 1. The Morgan fingerprint density at radius 1 is 0.974 bits per heavy atom. The summed E-state index contributed by atoms with van der Waals surface area (Å²) < 4.78 is 11.0. The van der Waals surface area contributed by atoms with Crippen molar-refractivity contribution < 1.29 is 18.8 Å². The number of hydrogen-bond donors (Lipinski definition) is 1. The van der Waals surface area contributed by atoms with Gasteiger partial charge in [0.25, 0.3) is 0 Å². The maximum atomic E-state index is 13.0. The largest absolute Gasteiger partial charge is 0.465 e. The first-order chi connectivity index (χ1) is 19.0. The first-order valence-corrected chi connectivity index (χ1v) is 13.7. The predicted octanol–water partition coefficient (Wildman–Crippen LogP) is 6.26. The molecule has 0 bridgehead atoms. The Morgan fingerprint density at radius 3 is 2.33 bits per heavy atom. The number of carbonyl (C=O) groups is 2. The van der Waals surface area contributed by atoms with Crippen molar-refractivity contribution in [2.45, 2.75) is 57.4 Å². The molecule has 39 heavy (non-hydrogen) atoms. The van der Waals surface area contributed by atoms with E-state index < -0.39 is 5.41 Å². The zero-order valence-electron chi connectivity index (χ0n) is 22.3. The van der Waals surface area contributed by atoms with E-state index in [1.807, 2.05) is 62.4 Å². The highest BCUT2D eigenvalue weighted by molar-refractivity contribution is 5.87. The molecule has 0 radical (unpaired) electrons. The SMILES string of the molecule is CCOC(=O)C1(c2ccc(-c3ccc(-c4onc(C)c4CC(=O)N[C@H]4CCc5ccccc54)cc3)cc2)CC1. The van der Waals surface area contributed by atoms with Crippen LogP contribution in [0.15, 0.2) is 77.3 Å². The van der Waals surface area contributed by atoms with Crippen LogP contribution in [-0.4, -0.2) is 23.6 Å². The molecule has 1 N–H and O–H groups in total. The summed E-state index contributed by atoms with van der Waals surface area (Å²) in [5, 5.41) is 7.37. The molecule has 0 unspecified atom stereocenters. The fraction of sp³-hybridized carbons (Fsp3) is 0.303. The molecule has 1 aromatic heterocycles. The Labute approximate surface area is 228 Å². The van der Waals surface area contributed by atoms with Gasteiger partial charge < -0.3 is 14.6 Å². The monoisotopic (exact) mass is 520 g/mol. The minimum atomic E-state index is -0.466. The van der Waals surface area contributed by atoms with Crippen molar-refractivity contribution in [2.75, 3.05) is 6.61 Å². The number of aryl methyl sites for hydroxylation is 2. The summed E-state index contributed by atoms with van der Waals surface area (Å²) >= 11 is 0. The van der Waals surface area contributed by atoms with E-state index in [1.165, 1.54) is 11.1 Å². The first-order valence-electron chi connectivity index (χ1n) is 13.7. The number of fused-ring (bicyclic) bond motifs is 1. The molecule has 3 aromatic carbocycles. The van der Waals surface area contributed by atoms with Crippen LogP contribution in [0.25, 0.3) is 22.5 Å². The molecule has 6 nitrogen and oxygen atoms in total. The van der Waals surface area contributed by atoms with Crippen molar-refractivity contribution >= 4 is 11.9 Å². The fourth-order valence-electron chi connectivity index (χ4n) is 5.74. The van der Waals surface area contributed by atoms with Gasteiger partial charge in [-0.05, 0) is 67.3 Å². The number of nitrogens with zero attached hydrogens (tertiary/aromatic N) is 1. The maximum absolute atomic E-state index is 13.0. The van der Waals surface area contributed by atoms with Crippen molar-refractivity contribution in [1.29, 1.82) is 0 Å². The number of rotatable bonds is 8. The number of esters is 1. The van der Waals surface area contributed by atoms with E-state index in [2.05, 4.69) is 34.7 Å². The summed E-state index contributed by atoms with van der Waals surface area (Å²) in [6.07, 6.45) is 3.80. The van der Waals surface area contributed by atoms with Crippen LogP contribution in [0.3, 0.4) is 0 Å². The zero-order valence-corrected chi connectivity index (χ0v) is 22.3. The summed E-state index contributed by atoms with van der Waals surface area (Å²) in [4.78, 5) is 25.4. The third-order valence-corrected chi connectivity index (χ3v) is 8.12. The van der Waals surface area contributed by atoms with Crippen LogP contribution in [0, 0.1) is 6.92 Å². The van der Waals surface area contributed by atoms with E-state index in [1.54, 1.807) is 0 Å². The standard InChI is InChI=1S/C33H32N2O4/c1-3-38-32(37)33(18-19-33)26-15-12-23(13-16-26)22-8-10-25(11-9-22)31-28(21(2)35-39-31)20-30(36)34-29-17-14-24-6-4-5-7-27(24)29/h4-13,15-16,29H,3,14,17-20H2,1-2H3,(H,34,36)/t29-/m0/s1. The van der Waals surface area contributed by atoms with Crippen LogP contribution in [0.2, 0.25) is 0 Å². The molecule has 0 spiro atoms. The minimum absolute atomic E-state index is 0.0304. The van der Waals surface area contributed by atoms with Crippen molar-refractivity contribution in [2.24, 2.45) is 0 Å². The van der Waals surface area contributed by atoms with Gasteiger partial charge in [0.05, 0.1) is 30.2 Å². The number of hydrogen-bond acceptors (Lipinski definition) is 5. The summed E-state index contributed by atoms with van der Waals surface area (Å²) in [5.74, 6) is 0.473. The molecule has 0 aliphatic heterocycles. The molecule has 4 aromatic rings. The topological polar surface area (TPSA) is 81.4 Å². The lowest BCUT2D eigenvalue weighted by molar-refractivity contribution is -0.146. The molecular formula is C33H32N2O4. The lowest BCUT2D eigenvalue weighted by Crippen LogP contribution is -2.28. The average molecular weight is 521 g/mol. The smallest absolute Gasteiger partial charge is 0.316 e. The molecule has 2 aliphatic rings. The molecule has 1 amide bonds. The summed E-state index contributed by atoms with van der Waals surface area (Å²) in [6, 6.07) is 24.6. The summed E-state index contributed by atoms with van der Waals surface area (Å²) in [7, 11) is 0. The van der Waals surface area contributed by atoms with Gasteiger partial charge in [-0.3, -0.25) is 9.59 Å². The highest BCUT2D eigenvalue weighted by Gasteiger charge is 2.52. The number of carbonyl (C=O) groups excluding carboxylic acids is 2. The number of ether oxygens (including phenoxy) is 1. The molecule has 1 saturated carbocycles. The van der Waals surface area contributed by atoms with E-state index in [-0.39, 0.29) is 24.3 Å². The summed E-state index contributed by atoms with van der Waals surface area (Å²) in [5.41, 5.74) is 7.61. The van der Waals surface area contributed by atoms with Crippen molar-refractivity contribution in [3.8, 4) is 22.5 Å². The van der Waals surface area contributed by atoms with Gasteiger partial charge in [-0.15, -0.1) is 0 Å². The van der Waals surface area contributed by atoms with E-state index in [4.69, 9.17) is 9.26 Å². The van der Waals surface area contributed by atoms with Crippen molar-refractivity contribution in [3.05, 3.63) is 101 Å². The number of nitrogens with one attached hydrogen (secondary N) is 1. The van der Waals surface area contributed by atoms with Crippen LogP contribution in [-0.2, 0) is 32.6 Å². The Kier molecular flexibility index (Phi) is 6.55. The molecule has 6 rings (SSSR count). The maximum Gasteiger partial charge on any atom is 0.316 e. The zero-order chi connectivity index (χ0) is 27.0. The van der Waals surface area contributed by atoms with Gasteiger partial charge >= 0.3 is 5.97 Å². The predicted molar refractivity (Wildman–Crippen MR) is 149 cm³/mol. The first kappa shape index (κ1) is 25.1. The number of aromatic nitrogens is 1. The van der Waals surface area contributed by atoms with Crippen LogP contribution < -0.4 is 5.32 Å². The van der Waals surface area contributed by atoms with Crippen LogP contribution >= 0.6 is 0 Å². The van der Waals surface area contributed by atoms with Gasteiger partial charge in [-0.1, -0.05) is 78.0 Å². The van der Waals surface area contributed by atoms with Gasteiger partial charge in [0.2, 0.25) is 5.91 Å². The van der Waals surface area contributed by atoms with Crippen LogP contribution in [0.1, 0.15) is 60.2 Å². The molecule has 1 atom stereocenters. The third kappa shape index (κ3) is 4.76. The molecule has 6 heteroatoms. The van der Waals surface area contributed by atoms with Gasteiger partial charge in [0.15, 0.2) is 5.76 Å². The number of benzene rings is 3. The molecule has 0 saturated heterocycles. The average Bonchev–Trinajstić information content (AvgIpc) is 3.57. The van der Waals surface area contributed by atoms with E-state index in [0.29, 0.717) is 12.4 Å². The van der Waals surface area contributed by atoms with Gasteiger partial charge in [0.1, 0.15) is 0 Å². The third-order valence-electron chi connectivity index (χ3n) is 8.12. The normalized spacial score (nSPS) is 16.9. The molecular weight excluding hydrogens is 488 g/mol. The van der Waals surface area contributed by atoms with Crippen LogP contribution in [0.5, 0.6) is 0 Å². The fourth-order valence-corrected chi connectivity index (χ4v) is 5.74. The Bertz CT molecular complexity index is 1510. The van der Waals surface area contributed by atoms with E-state index in [0.717, 1.165) is 59.2 Å². The second kappa shape index (κ2) is 10.2. The highest BCUT2D eigenvalue weighted by atomic mass is 16.5. The quantitative estimate of drug-likeness (QED) is 0.278. The van der Waals surface area contributed by atoms with E-state index in [9.17, 15) is 9.59 Å². The lowest BCUT2D eigenvalue weighted by Gasteiger charge is -2.15. The minimum Gasteiger partial charge on any atom is -0.465 e. The van der Waals surface area contributed by atoms with Gasteiger partial charge in [-0.2, -0.15) is 0 Å². The Balaban J connectivity index is 1.16. The molecule has 1 heterocycles. The molecule has 1 fully saturated rings. The Morgan fingerprint density at radius 2 is 1.64 bits per heavy atom.